The maximum atomic E-state index is 10.1. The second-order valence-corrected chi connectivity index (χ2v) is 1.50. The van der Waals surface area contributed by atoms with Crippen LogP contribution in [0.2, 0.25) is 0 Å². The van der Waals surface area contributed by atoms with Crippen molar-refractivity contribution in [1.82, 2.24) is 0 Å². The maximum absolute atomic E-state index is 10.1. The molecule has 0 aromatic rings. The van der Waals surface area contributed by atoms with Gasteiger partial charge in [-0.2, -0.15) is 0 Å². The Morgan fingerprint density at radius 1 is 1.64 bits per heavy atom. The van der Waals surface area contributed by atoms with Crippen LogP contribution < -0.4 is 0 Å². The molecule has 11 heavy (non-hydrogen) atoms. The van der Waals surface area contributed by atoms with Gasteiger partial charge in [0.1, 0.15) is 6.61 Å². The van der Waals surface area contributed by atoms with Crippen LogP contribution >= 0.6 is 0 Å². The molecule has 0 unspecified atom stereocenters. The SMILES string of the molecule is C=CC.C=CC(=O)OCCO. The van der Waals surface area contributed by atoms with E-state index < -0.39 is 5.97 Å². The van der Waals surface area contributed by atoms with Crippen LogP contribution in [-0.4, -0.2) is 24.3 Å². The van der Waals surface area contributed by atoms with E-state index in [1.165, 1.54) is 0 Å². The summed E-state index contributed by atoms with van der Waals surface area (Å²) >= 11 is 0. The third-order valence-corrected chi connectivity index (χ3v) is 0.502. The summed E-state index contributed by atoms with van der Waals surface area (Å²) in [6.07, 6.45) is 2.80. The molecule has 0 aromatic carbocycles. The van der Waals surface area contributed by atoms with E-state index in [4.69, 9.17) is 5.11 Å². The number of hydrogen-bond acceptors (Lipinski definition) is 3. The van der Waals surface area contributed by atoms with Crippen LogP contribution in [-0.2, 0) is 9.53 Å². The Morgan fingerprint density at radius 3 is 2.36 bits per heavy atom. The number of esters is 1. The average molecular weight is 158 g/mol. The van der Waals surface area contributed by atoms with Gasteiger partial charge in [-0.25, -0.2) is 4.79 Å². The molecule has 0 rings (SSSR count). The third-order valence-electron chi connectivity index (χ3n) is 0.502. The van der Waals surface area contributed by atoms with Crippen LogP contribution in [0.4, 0.5) is 0 Å². The van der Waals surface area contributed by atoms with E-state index in [0.717, 1.165) is 6.08 Å². The molecule has 0 aliphatic heterocycles. The third kappa shape index (κ3) is 17.6. The van der Waals surface area contributed by atoms with Crippen molar-refractivity contribution in [1.29, 1.82) is 0 Å². The smallest absolute Gasteiger partial charge is 0.330 e. The highest BCUT2D eigenvalue weighted by atomic mass is 16.5. The normalized spacial score (nSPS) is 7.09. The monoisotopic (exact) mass is 158 g/mol. The number of carbonyl (C=O) groups is 1. The minimum atomic E-state index is -0.501. The highest BCUT2D eigenvalue weighted by molar-refractivity contribution is 5.81. The van der Waals surface area contributed by atoms with Crippen LogP contribution in [0.25, 0.3) is 0 Å². The fourth-order valence-electron chi connectivity index (χ4n) is 0.205. The second-order valence-electron chi connectivity index (χ2n) is 1.50. The van der Waals surface area contributed by atoms with Crippen molar-refractivity contribution >= 4 is 5.97 Å². The Hall–Kier alpha value is -1.09. The van der Waals surface area contributed by atoms with Crippen molar-refractivity contribution in [2.75, 3.05) is 13.2 Å². The van der Waals surface area contributed by atoms with Crippen molar-refractivity contribution < 1.29 is 14.6 Å². The van der Waals surface area contributed by atoms with Crippen molar-refractivity contribution in [3.63, 3.8) is 0 Å². The quantitative estimate of drug-likeness (QED) is 0.377. The fourth-order valence-corrected chi connectivity index (χ4v) is 0.205. The molecular weight excluding hydrogens is 144 g/mol. The van der Waals surface area contributed by atoms with E-state index in [0.29, 0.717) is 0 Å². The van der Waals surface area contributed by atoms with Crippen LogP contribution in [0.5, 0.6) is 0 Å². The van der Waals surface area contributed by atoms with Crippen molar-refractivity contribution in [3.05, 3.63) is 25.3 Å². The van der Waals surface area contributed by atoms with Gasteiger partial charge in [0.15, 0.2) is 0 Å². The first-order valence-corrected chi connectivity index (χ1v) is 3.20. The molecule has 0 heterocycles. The lowest BCUT2D eigenvalue weighted by Gasteiger charge is -1.94. The number of aliphatic hydroxyl groups is 1. The summed E-state index contributed by atoms with van der Waals surface area (Å²) < 4.78 is 4.33. The molecule has 0 amide bonds. The largest absolute Gasteiger partial charge is 0.460 e. The summed E-state index contributed by atoms with van der Waals surface area (Å²) in [5.41, 5.74) is 0. The van der Waals surface area contributed by atoms with Gasteiger partial charge in [0.05, 0.1) is 6.61 Å². The zero-order valence-corrected chi connectivity index (χ0v) is 6.75. The molecule has 0 atom stereocenters. The molecule has 0 saturated heterocycles. The lowest BCUT2D eigenvalue weighted by atomic mass is 10.6. The Balaban J connectivity index is 0. The molecular formula is C8H14O3. The van der Waals surface area contributed by atoms with Crippen molar-refractivity contribution in [3.8, 4) is 0 Å². The summed E-state index contributed by atoms with van der Waals surface area (Å²) in [5, 5.41) is 8.10. The summed E-state index contributed by atoms with van der Waals surface area (Å²) in [6, 6.07) is 0. The number of hydrogen-bond donors (Lipinski definition) is 1. The van der Waals surface area contributed by atoms with Crippen molar-refractivity contribution in [2.45, 2.75) is 6.92 Å². The van der Waals surface area contributed by atoms with Gasteiger partial charge in [0, 0.05) is 6.08 Å². The van der Waals surface area contributed by atoms with Crippen molar-refractivity contribution in [2.24, 2.45) is 0 Å². The molecule has 0 aromatic heterocycles. The van der Waals surface area contributed by atoms with Crippen LogP contribution in [0.15, 0.2) is 25.3 Å². The topological polar surface area (TPSA) is 46.5 Å². The minimum absolute atomic E-state index is 0.0465. The van der Waals surface area contributed by atoms with E-state index in [1.54, 1.807) is 6.08 Å². The van der Waals surface area contributed by atoms with Gasteiger partial charge >= 0.3 is 5.97 Å². The Labute approximate surface area is 67.0 Å². The molecule has 64 valence electrons. The standard InChI is InChI=1S/C5H8O3.C3H6/c1-2-5(7)8-4-3-6;1-3-2/h2,6H,1,3-4H2;3H,1H2,2H3. The summed E-state index contributed by atoms with van der Waals surface area (Å²) in [6.45, 7) is 8.31. The molecule has 0 saturated carbocycles. The highest BCUT2D eigenvalue weighted by Crippen LogP contribution is 1.75. The number of carbonyl (C=O) groups excluding carboxylic acids is 1. The van der Waals surface area contributed by atoms with Gasteiger partial charge in [-0.05, 0) is 6.92 Å². The Morgan fingerprint density at radius 2 is 2.09 bits per heavy atom. The van der Waals surface area contributed by atoms with E-state index in [1.807, 2.05) is 6.92 Å². The van der Waals surface area contributed by atoms with Crippen LogP contribution in [0.3, 0.4) is 0 Å². The lowest BCUT2D eigenvalue weighted by molar-refractivity contribution is -0.138. The van der Waals surface area contributed by atoms with Gasteiger partial charge in [-0.3, -0.25) is 0 Å². The van der Waals surface area contributed by atoms with Crippen LogP contribution in [0.1, 0.15) is 6.92 Å². The molecule has 0 spiro atoms. The molecule has 0 bridgehead atoms. The molecule has 1 N–H and O–H groups in total. The Bertz CT molecular complexity index is 119. The van der Waals surface area contributed by atoms with Gasteiger partial charge in [0.25, 0.3) is 0 Å². The first-order valence-electron chi connectivity index (χ1n) is 3.20. The number of rotatable bonds is 3. The molecule has 0 fully saturated rings. The average Bonchev–Trinajstić information content (AvgIpc) is 2.02. The highest BCUT2D eigenvalue weighted by Gasteiger charge is 1.90. The minimum Gasteiger partial charge on any atom is -0.460 e. The van der Waals surface area contributed by atoms with E-state index >= 15 is 0 Å². The summed E-state index contributed by atoms with van der Waals surface area (Å²) in [5.74, 6) is -0.501. The lowest BCUT2D eigenvalue weighted by Crippen LogP contribution is -2.04. The number of aliphatic hydroxyl groups excluding tert-OH is 1. The van der Waals surface area contributed by atoms with E-state index in [-0.39, 0.29) is 13.2 Å². The zero-order valence-electron chi connectivity index (χ0n) is 6.75. The van der Waals surface area contributed by atoms with E-state index in [9.17, 15) is 4.79 Å². The molecule has 0 aliphatic carbocycles. The second kappa shape index (κ2) is 11.7. The van der Waals surface area contributed by atoms with E-state index in [2.05, 4.69) is 17.9 Å². The molecule has 0 aliphatic rings. The first-order chi connectivity index (χ1) is 5.22. The molecule has 3 nitrogen and oxygen atoms in total. The number of allylic oxidation sites excluding steroid dienone is 1. The zero-order chi connectivity index (χ0) is 9.11. The van der Waals surface area contributed by atoms with Gasteiger partial charge in [0.2, 0.25) is 0 Å². The molecule has 0 radical (unpaired) electrons. The van der Waals surface area contributed by atoms with Gasteiger partial charge < -0.3 is 9.84 Å². The molecule has 3 heteroatoms. The van der Waals surface area contributed by atoms with Gasteiger partial charge in [-0.15, -0.1) is 6.58 Å². The summed E-state index contributed by atoms with van der Waals surface area (Å²) in [7, 11) is 0. The fraction of sp³-hybridized carbons (Fsp3) is 0.375. The first kappa shape index (κ1) is 12.6. The van der Waals surface area contributed by atoms with Crippen LogP contribution in [0, 0.1) is 0 Å². The van der Waals surface area contributed by atoms with Gasteiger partial charge in [-0.1, -0.05) is 12.7 Å². The maximum Gasteiger partial charge on any atom is 0.330 e. The number of ether oxygens (including phenoxy) is 1. The Kier molecular flexibility index (Phi) is 13.3. The summed E-state index contributed by atoms with van der Waals surface area (Å²) in [4.78, 5) is 10.1. The predicted molar refractivity (Wildman–Crippen MR) is 44.1 cm³/mol. The predicted octanol–water partition coefficient (Wildman–Crippen LogP) is 0.900.